The summed E-state index contributed by atoms with van der Waals surface area (Å²) in [5.74, 6) is -0.960. The summed E-state index contributed by atoms with van der Waals surface area (Å²) in [6, 6.07) is 6.80. The maximum absolute atomic E-state index is 11.9. The van der Waals surface area contributed by atoms with Crippen LogP contribution in [0.25, 0.3) is 0 Å². The highest BCUT2D eigenvalue weighted by Gasteiger charge is 2.25. The molecule has 0 fully saturated rings. The third kappa shape index (κ3) is 5.67. The summed E-state index contributed by atoms with van der Waals surface area (Å²) < 4.78 is 35.7. The number of hydrogen-bond donors (Lipinski definition) is 2. The molecule has 0 amide bonds. The number of carbonyl (C=O) groups is 1. The molecule has 2 N–H and O–H groups in total. The zero-order chi connectivity index (χ0) is 13.6. The van der Waals surface area contributed by atoms with Gasteiger partial charge < -0.3 is 10.4 Å². The standard InChI is InChI=1S/C12H14F3NO2/c13-12(14,15)5-6-16-8-10-4-2-1-3-9(10)7-11(17)18/h1-4,16H,5-8H2,(H,17,18). The lowest BCUT2D eigenvalue weighted by Crippen LogP contribution is -2.22. The number of halogens is 3. The van der Waals surface area contributed by atoms with Gasteiger partial charge in [0.2, 0.25) is 0 Å². The lowest BCUT2D eigenvalue weighted by atomic mass is 10.0. The van der Waals surface area contributed by atoms with E-state index in [-0.39, 0.29) is 19.5 Å². The molecular formula is C12H14F3NO2. The van der Waals surface area contributed by atoms with Crippen LogP contribution in [-0.2, 0) is 17.8 Å². The van der Waals surface area contributed by atoms with Crippen molar-refractivity contribution in [2.24, 2.45) is 0 Å². The number of nitrogens with one attached hydrogen (secondary N) is 1. The SMILES string of the molecule is O=C(O)Cc1ccccc1CNCCC(F)(F)F. The molecule has 100 valence electrons. The van der Waals surface area contributed by atoms with Crippen molar-refractivity contribution in [3.63, 3.8) is 0 Å². The van der Waals surface area contributed by atoms with E-state index in [1.807, 2.05) is 0 Å². The van der Waals surface area contributed by atoms with E-state index in [0.29, 0.717) is 11.1 Å². The Labute approximate surface area is 103 Å². The molecule has 0 radical (unpaired) electrons. The number of aliphatic carboxylic acids is 1. The molecule has 3 nitrogen and oxygen atoms in total. The van der Waals surface area contributed by atoms with Crippen LogP contribution in [0.2, 0.25) is 0 Å². The number of carboxylic acids is 1. The quantitative estimate of drug-likeness (QED) is 0.773. The van der Waals surface area contributed by atoms with E-state index in [1.165, 1.54) is 0 Å². The molecule has 1 aromatic carbocycles. The van der Waals surface area contributed by atoms with Gasteiger partial charge in [-0.05, 0) is 11.1 Å². The maximum atomic E-state index is 11.9. The first-order valence-corrected chi connectivity index (χ1v) is 5.44. The van der Waals surface area contributed by atoms with Gasteiger partial charge in [-0.1, -0.05) is 24.3 Å². The second-order valence-corrected chi connectivity index (χ2v) is 3.88. The normalized spacial score (nSPS) is 11.5. The van der Waals surface area contributed by atoms with Crippen LogP contribution in [0.3, 0.4) is 0 Å². The summed E-state index contributed by atoms with van der Waals surface area (Å²) >= 11 is 0. The molecule has 0 atom stereocenters. The fourth-order valence-electron chi connectivity index (χ4n) is 1.52. The van der Waals surface area contributed by atoms with E-state index in [2.05, 4.69) is 5.32 Å². The highest BCUT2D eigenvalue weighted by atomic mass is 19.4. The van der Waals surface area contributed by atoms with Gasteiger partial charge in [0.25, 0.3) is 0 Å². The molecule has 0 saturated carbocycles. The summed E-state index contributed by atoms with van der Waals surface area (Å²) in [6.07, 6.45) is -5.20. The van der Waals surface area contributed by atoms with Gasteiger partial charge in [-0.3, -0.25) is 4.79 Å². The zero-order valence-corrected chi connectivity index (χ0v) is 9.63. The molecule has 0 unspecified atom stereocenters. The van der Waals surface area contributed by atoms with Crippen LogP contribution in [0.4, 0.5) is 13.2 Å². The molecule has 0 heterocycles. The number of hydrogen-bond acceptors (Lipinski definition) is 2. The van der Waals surface area contributed by atoms with Crippen LogP contribution in [0, 0.1) is 0 Å². The number of carboxylic acid groups (broad SMARTS) is 1. The molecule has 0 aliphatic rings. The average Bonchev–Trinajstić information content (AvgIpc) is 2.24. The Morgan fingerprint density at radius 2 is 1.83 bits per heavy atom. The summed E-state index contributed by atoms with van der Waals surface area (Å²) in [5.41, 5.74) is 1.33. The molecule has 0 aromatic heterocycles. The van der Waals surface area contributed by atoms with Crippen LogP contribution < -0.4 is 5.32 Å². The Balaban J connectivity index is 2.49. The minimum atomic E-state index is -4.17. The van der Waals surface area contributed by atoms with Crippen molar-refractivity contribution in [3.05, 3.63) is 35.4 Å². The third-order valence-electron chi connectivity index (χ3n) is 2.36. The molecule has 0 bridgehead atoms. The fourth-order valence-corrected chi connectivity index (χ4v) is 1.52. The minimum absolute atomic E-state index is 0.128. The van der Waals surface area contributed by atoms with Gasteiger partial charge in [0.1, 0.15) is 0 Å². The number of benzene rings is 1. The molecule has 6 heteroatoms. The van der Waals surface area contributed by atoms with E-state index in [4.69, 9.17) is 5.11 Å². The first-order valence-electron chi connectivity index (χ1n) is 5.44. The summed E-state index contributed by atoms with van der Waals surface area (Å²) in [4.78, 5) is 10.6. The summed E-state index contributed by atoms with van der Waals surface area (Å²) in [5, 5.41) is 11.4. The van der Waals surface area contributed by atoms with Gasteiger partial charge in [-0.25, -0.2) is 0 Å². The first kappa shape index (κ1) is 14.5. The van der Waals surface area contributed by atoms with Crippen LogP contribution in [0.1, 0.15) is 17.5 Å². The highest BCUT2D eigenvalue weighted by Crippen LogP contribution is 2.18. The zero-order valence-electron chi connectivity index (χ0n) is 9.63. The summed E-state index contributed by atoms with van der Waals surface area (Å²) in [6.45, 7) is 0.0600. The van der Waals surface area contributed by atoms with Crippen LogP contribution in [-0.4, -0.2) is 23.8 Å². The van der Waals surface area contributed by atoms with Crippen LogP contribution in [0.15, 0.2) is 24.3 Å². The van der Waals surface area contributed by atoms with Crippen LogP contribution in [0.5, 0.6) is 0 Å². The molecule has 1 rings (SSSR count). The Kier molecular flexibility index (Phi) is 5.15. The Morgan fingerprint density at radius 3 is 2.39 bits per heavy atom. The maximum Gasteiger partial charge on any atom is 0.390 e. The highest BCUT2D eigenvalue weighted by molar-refractivity contribution is 5.70. The van der Waals surface area contributed by atoms with Crippen molar-refractivity contribution in [2.75, 3.05) is 6.54 Å². The molecule has 0 aliphatic carbocycles. The molecule has 1 aromatic rings. The van der Waals surface area contributed by atoms with Crippen LogP contribution >= 0.6 is 0 Å². The fraction of sp³-hybridized carbons (Fsp3) is 0.417. The lowest BCUT2D eigenvalue weighted by molar-refractivity contribution is -0.136. The molecule has 0 aliphatic heterocycles. The predicted molar refractivity (Wildman–Crippen MR) is 60.2 cm³/mol. The monoisotopic (exact) mass is 261 g/mol. The van der Waals surface area contributed by atoms with E-state index in [0.717, 1.165) is 0 Å². The predicted octanol–water partition coefficient (Wildman–Crippen LogP) is 2.36. The van der Waals surface area contributed by atoms with E-state index in [9.17, 15) is 18.0 Å². The Morgan fingerprint density at radius 1 is 1.22 bits per heavy atom. The number of alkyl halides is 3. The number of rotatable bonds is 6. The van der Waals surface area contributed by atoms with Gasteiger partial charge in [-0.15, -0.1) is 0 Å². The van der Waals surface area contributed by atoms with Crippen molar-refractivity contribution >= 4 is 5.97 Å². The van der Waals surface area contributed by atoms with Gasteiger partial charge in [0, 0.05) is 13.1 Å². The largest absolute Gasteiger partial charge is 0.481 e. The van der Waals surface area contributed by atoms with Gasteiger partial charge >= 0.3 is 12.1 Å². The first-order chi connectivity index (χ1) is 8.38. The summed E-state index contributed by atoms with van der Waals surface area (Å²) in [7, 11) is 0. The van der Waals surface area contributed by atoms with E-state index >= 15 is 0 Å². The van der Waals surface area contributed by atoms with Crippen molar-refractivity contribution in [3.8, 4) is 0 Å². The minimum Gasteiger partial charge on any atom is -0.481 e. The smallest absolute Gasteiger partial charge is 0.390 e. The topological polar surface area (TPSA) is 49.3 Å². The molecule has 18 heavy (non-hydrogen) atoms. The van der Waals surface area contributed by atoms with Gasteiger partial charge in [0.15, 0.2) is 0 Å². The average molecular weight is 261 g/mol. The van der Waals surface area contributed by atoms with Gasteiger partial charge in [0.05, 0.1) is 12.8 Å². The molecular weight excluding hydrogens is 247 g/mol. The second-order valence-electron chi connectivity index (χ2n) is 3.88. The van der Waals surface area contributed by atoms with Crippen molar-refractivity contribution in [2.45, 2.75) is 25.6 Å². The van der Waals surface area contributed by atoms with Crippen molar-refractivity contribution < 1.29 is 23.1 Å². The van der Waals surface area contributed by atoms with Crippen molar-refractivity contribution in [1.82, 2.24) is 5.32 Å². The third-order valence-corrected chi connectivity index (χ3v) is 2.36. The molecule has 0 saturated heterocycles. The van der Waals surface area contributed by atoms with E-state index in [1.54, 1.807) is 24.3 Å². The lowest BCUT2D eigenvalue weighted by Gasteiger charge is -2.10. The second kappa shape index (κ2) is 6.39. The van der Waals surface area contributed by atoms with Crippen molar-refractivity contribution in [1.29, 1.82) is 0 Å². The molecule has 0 spiro atoms. The van der Waals surface area contributed by atoms with Gasteiger partial charge in [-0.2, -0.15) is 13.2 Å². The Bertz CT molecular complexity index is 405. The Hall–Kier alpha value is -1.56. The van der Waals surface area contributed by atoms with E-state index < -0.39 is 18.6 Å².